The molecule has 152 valence electrons. The molecule has 0 aliphatic rings. The molecule has 0 fully saturated rings. The minimum Gasteiger partial charge on any atom is -0.466 e. The lowest BCUT2D eigenvalue weighted by Gasteiger charge is -2.22. The van der Waals surface area contributed by atoms with E-state index in [2.05, 4.69) is 20.9 Å². The third-order valence-electron chi connectivity index (χ3n) is 4.08. The van der Waals surface area contributed by atoms with E-state index in [4.69, 9.17) is 27.9 Å². The average Bonchev–Trinajstić information content (AvgIpc) is 3.12. The number of hydrogen-bond donors (Lipinski definition) is 0. The number of anilines is 1. The van der Waals surface area contributed by atoms with Gasteiger partial charge in [-0.15, -0.1) is 11.3 Å². The Labute approximate surface area is 190 Å². The van der Waals surface area contributed by atoms with Crippen LogP contribution in [-0.2, 0) is 20.9 Å². The van der Waals surface area contributed by atoms with Crippen LogP contribution in [0.25, 0.3) is 10.2 Å². The highest BCUT2D eigenvalue weighted by atomic mass is 79.9. The van der Waals surface area contributed by atoms with E-state index in [1.807, 2.05) is 30.3 Å². The molecule has 5 nitrogen and oxygen atoms in total. The quantitative estimate of drug-likeness (QED) is 0.349. The Bertz CT molecular complexity index is 1040. The first-order chi connectivity index (χ1) is 13.9. The van der Waals surface area contributed by atoms with Gasteiger partial charge < -0.3 is 9.64 Å². The number of hydrogen-bond acceptors (Lipinski definition) is 5. The Morgan fingerprint density at radius 3 is 2.55 bits per heavy atom. The van der Waals surface area contributed by atoms with Crippen molar-refractivity contribution in [3.05, 3.63) is 55.9 Å². The first-order valence-electron chi connectivity index (χ1n) is 8.84. The van der Waals surface area contributed by atoms with Crippen molar-refractivity contribution in [3.63, 3.8) is 0 Å². The monoisotopic (exact) mass is 514 g/mol. The van der Waals surface area contributed by atoms with Crippen molar-refractivity contribution in [1.29, 1.82) is 0 Å². The van der Waals surface area contributed by atoms with Crippen LogP contribution in [0.1, 0.15) is 24.8 Å². The number of thiazole rings is 1. The third-order valence-corrected chi connectivity index (χ3v) is 6.41. The molecule has 1 amide bonds. The summed E-state index contributed by atoms with van der Waals surface area (Å²) in [4.78, 5) is 30.8. The molecule has 9 heteroatoms. The molecule has 0 N–H and O–H groups in total. The highest BCUT2D eigenvalue weighted by molar-refractivity contribution is 9.10. The fraction of sp³-hybridized carbons (Fsp3) is 0.250. The Morgan fingerprint density at radius 2 is 1.86 bits per heavy atom. The number of fused-ring (bicyclic) bond motifs is 1. The molecule has 1 aromatic heterocycles. The SMILES string of the molecule is CCOC(=O)CCC(=O)N(Cc1nc2c(Cl)c(Cl)ccc2s1)c1ccc(Br)cc1. The second-order valence-corrected chi connectivity index (χ2v) is 8.89. The fourth-order valence-corrected chi connectivity index (χ4v) is 4.35. The van der Waals surface area contributed by atoms with Crippen LogP contribution in [-0.4, -0.2) is 23.5 Å². The normalized spacial score (nSPS) is 10.9. The van der Waals surface area contributed by atoms with Gasteiger partial charge in [0.05, 0.1) is 34.3 Å². The molecule has 3 rings (SSSR count). The molecule has 0 unspecified atom stereocenters. The molecule has 0 spiro atoms. The number of benzene rings is 2. The van der Waals surface area contributed by atoms with E-state index in [0.717, 1.165) is 14.2 Å². The zero-order valence-corrected chi connectivity index (χ0v) is 19.4. The summed E-state index contributed by atoms with van der Waals surface area (Å²) < 4.78 is 6.72. The fourth-order valence-electron chi connectivity index (χ4n) is 2.71. The van der Waals surface area contributed by atoms with E-state index in [9.17, 15) is 9.59 Å². The lowest BCUT2D eigenvalue weighted by Crippen LogP contribution is -2.30. The second kappa shape index (κ2) is 9.89. The minimum absolute atomic E-state index is 0.0288. The highest BCUT2D eigenvalue weighted by Gasteiger charge is 2.20. The molecular weight excluding hydrogens is 499 g/mol. The van der Waals surface area contributed by atoms with Crippen LogP contribution in [0.3, 0.4) is 0 Å². The molecule has 0 saturated heterocycles. The molecular formula is C20H17BrCl2N2O3S. The smallest absolute Gasteiger partial charge is 0.306 e. The van der Waals surface area contributed by atoms with Crippen LogP contribution in [0.2, 0.25) is 10.0 Å². The molecule has 2 aromatic carbocycles. The Kier molecular flexibility index (Phi) is 7.51. The number of carbonyl (C=O) groups is 2. The first kappa shape index (κ1) is 22.0. The van der Waals surface area contributed by atoms with E-state index in [0.29, 0.717) is 27.9 Å². The summed E-state index contributed by atoms with van der Waals surface area (Å²) in [6, 6.07) is 11.0. The van der Waals surface area contributed by atoms with Gasteiger partial charge in [0.25, 0.3) is 0 Å². The first-order valence-corrected chi connectivity index (χ1v) is 11.2. The van der Waals surface area contributed by atoms with Gasteiger partial charge in [-0.25, -0.2) is 4.98 Å². The van der Waals surface area contributed by atoms with Crippen molar-refractivity contribution in [2.24, 2.45) is 0 Å². The Morgan fingerprint density at radius 1 is 1.14 bits per heavy atom. The maximum absolute atomic E-state index is 12.9. The van der Waals surface area contributed by atoms with Crippen LogP contribution in [0.4, 0.5) is 5.69 Å². The van der Waals surface area contributed by atoms with Crippen LogP contribution < -0.4 is 4.90 Å². The van der Waals surface area contributed by atoms with Crippen molar-refractivity contribution in [2.75, 3.05) is 11.5 Å². The van der Waals surface area contributed by atoms with Crippen LogP contribution in [0.15, 0.2) is 40.9 Å². The van der Waals surface area contributed by atoms with Crippen LogP contribution in [0.5, 0.6) is 0 Å². The van der Waals surface area contributed by atoms with Crippen LogP contribution >= 0.6 is 50.5 Å². The summed E-state index contributed by atoms with van der Waals surface area (Å²) in [5.41, 5.74) is 1.33. The second-order valence-electron chi connectivity index (χ2n) is 6.08. The number of halogens is 3. The summed E-state index contributed by atoms with van der Waals surface area (Å²) in [5.74, 6) is -0.582. The number of aromatic nitrogens is 1. The summed E-state index contributed by atoms with van der Waals surface area (Å²) in [7, 11) is 0. The van der Waals surface area contributed by atoms with Crippen LogP contribution in [0, 0.1) is 0 Å². The Balaban J connectivity index is 1.87. The molecule has 0 atom stereocenters. The van der Waals surface area contributed by atoms with Gasteiger partial charge in [0.15, 0.2) is 0 Å². The van der Waals surface area contributed by atoms with Crippen molar-refractivity contribution in [2.45, 2.75) is 26.3 Å². The maximum Gasteiger partial charge on any atom is 0.306 e. The standard InChI is InChI=1S/C20H17BrCl2N2O3S/c1-2-28-18(27)10-9-17(26)25(13-5-3-12(21)4-6-13)11-16-24-20-15(29-16)8-7-14(22)19(20)23/h3-8H,2,9-11H2,1H3. The Hall–Kier alpha value is -1.67. The molecule has 29 heavy (non-hydrogen) atoms. The third kappa shape index (κ3) is 5.48. The maximum atomic E-state index is 12.9. The molecule has 3 aromatic rings. The highest BCUT2D eigenvalue weighted by Crippen LogP contribution is 2.34. The van der Waals surface area contributed by atoms with E-state index in [-0.39, 0.29) is 25.3 Å². The van der Waals surface area contributed by atoms with Gasteiger partial charge in [-0.05, 0) is 43.3 Å². The predicted molar refractivity (Wildman–Crippen MR) is 121 cm³/mol. The van der Waals surface area contributed by atoms with Gasteiger partial charge in [0.2, 0.25) is 5.91 Å². The van der Waals surface area contributed by atoms with E-state index in [1.165, 1.54) is 11.3 Å². The molecule has 0 radical (unpaired) electrons. The lowest BCUT2D eigenvalue weighted by atomic mass is 10.2. The van der Waals surface area contributed by atoms with Gasteiger partial charge >= 0.3 is 5.97 Å². The van der Waals surface area contributed by atoms with Gasteiger partial charge in [-0.2, -0.15) is 0 Å². The number of esters is 1. The van der Waals surface area contributed by atoms with Crippen molar-refractivity contribution in [3.8, 4) is 0 Å². The van der Waals surface area contributed by atoms with Gasteiger partial charge in [-0.3, -0.25) is 9.59 Å². The molecule has 0 aliphatic carbocycles. The summed E-state index contributed by atoms with van der Waals surface area (Å²) in [6.07, 6.45) is 0.0767. The lowest BCUT2D eigenvalue weighted by molar-refractivity contribution is -0.144. The molecule has 0 aliphatic heterocycles. The topological polar surface area (TPSA) is 59.5 Å². The summed E-state index contributed by atoms with van der Waals surface area (Å²) in [5, 5.41) is 1.55. The molecule has 0 bridgehead atoms. The number of amides is 1. The predicted octanol–water partition coefficient (Wildman–Crippen LogP) is 6.24. The van der Waals surface area contributed by atoms with Crippen molar-refractivity contribution < 1.29 is 14.3 Å². The number of nitrogens with zero attached hydrogens (tertiary/aromatic N) is 2. The van der Waals surface area contributed by atoms with Gasteiger partial charge in [-0.1, -0.05) is 39.1 Å². The summed E-state index contributed by atoms with van der Waals surface area (Å²) >= 11 is 17.2. The zero-order valence-electron chi connectivity index (χ0n) is 15.5. The average molecular weight is 516 g/mol. The molecule has 0 saturated carbocycles. The van der Waals surface area contributed by atoms with E-state index < -0.39 is 5.97 Å². The van der Waals surface area contributed by atoms with E-state index in [1.54, 1.807) is 17.9 Å². The minimum atomic E-state index is -0.391. The number of ether oxygens (including phenoxy) is 1. The van der Waals surface area contributed by atoms with Gasteiger partial charge in [0, 0.05) is 16.6 Å². The number of carbonyl (C=O) groups excluding carboxylic acids is 2. The van der Waals surface area contributed by atoms with Gasteiger partial charge in [0.1, 0.15) is 10.5 Å². The van der Waals surface area contributed by atoms with Crippen molar-refractivity contribution in [1.82, 2.24) is 4.98 Å². The zero-order chi connectivity index (χ0) is 21.0. The number of rotatable bonds is 7. The largest absolute Gasteiger partial charge is 0.466 e. The molecule has 1 heterocycles. The van der Waals surface area contributed by atoms with E-state index >= 15 is 0 Å². The summed E-state index contributed by atoms with van der Waals surface area (Å²) in [6.45, 7) is 2.29. The van der Waals surface area contributed by atoms with Crippen molar-refractivity contribution >= 4 is 78.2 Å².